The first-order valence-electron chi connectivity index (χ1n) is 11.0. The Kier molecular flexibility index (Phi) is 10.6. The smallest absolute Gasteiger partial charge is 0.0735 e. The van der Waals surface area contributed by atoms with Crippen LogP contribution in [0.1, 0.15) is 88.7 Å². The molecule has 0 fully saturated rings. The topological polar surface area (TPSA) is 0 Å². The van der Waals surface area contributed by atoms with E-state index in [4.69, 9.17) is 11.6 Å². The summed E-state index contributed by atoms with van der Waals surface area (Å²) in [6, 6.07) is 21.3. The average molecular weight is 385 g/mol. The fourth-order valence-electron chi connectivity index (χ4n) is 3.88. The summed E-state index contributed by atoms with van der Waals surface area (Å²) in [5.41, 5.74) is 2.58. The molecule has 0 aliphatic rings. The highest BCUT2D eigenvalue weighted by Gasteiger charge is 2.29. The third kappa shape index (κ3) is 8.52. The van der Waals surface area contributed by atoms with Crippen LogP contribution in [0.5, 0.6) is 0 Å². The Hall–Kier alpha value is -1.27. The van der Waals surface area contributed by atoms with E-state index in [0.29, 0.717) is 0 Å². The summed E-state index contributed by atoms with van der Waals surface area (Å²) in [7, 11) is 0. The van der Waals surface area contributed by atoms with Gasteiger partial charge in [0.05, 0.1) is 4.87 Å². The molecule has 1 unspecified atom stereocenters. The second-order valence-corrected chi connectivity index (χ2v) is 8.65. The van der Waals surface area contributed by atoms with Gasteiger partial charge in [-0.3, -0.25) is 0 Å². The summed E-state index contributed by atoms with van der Waals surface area (Å²) in [4.78, 5) is -0.289. The highest BCUT2D eigenvalue weighted by Crippen LogP contribution is 2.38. The molecule has 2 rings (SSSR count). The molecule has 0 aliphatic carbocycles. The summed E-state index contributed by atoms with van der Waals surface area (Å²) in [5, 5.41) is 0. The molecule has 0 saturated carbocycles. The number of hydrogen-bond donors (Lipinski definition) is 0. The molecule has 0 bridgehead atoms. The molecular weight excluding hydrogens is 348 g/mol. The third-order valence-electron chi connectivity index (χ3n) is 5.54. The molecule has 1 heteroatoms. The lowest BCUT2D eigenvalue weighted by Crippen LogP contribution is -2.22. The molecule has 0 spiro atoms. The van der Waals surface area contributed by atoms with E-state index in [9.17, 15) is 0 Å². The Bertz CT molecular complexity index is 592. The van der Waals surface area contributed by atoms with Crippen LogP contribution in [0.25, 0.3) is 0 Å². The van der Waals surface area contributed by atoms with Crippen LogP contribution in [0.3, 0.4) is 0 Å². The molecule has 0 saturated heterocycles. The van der Waals surface area contributed by atoms with Crippen LogP contribution in [-0.4, -0.2) is 0 Å². The molecule has 2 aromatic carbocycles. The Morgan fingerprint density at radius 3 is 1.67 bits per heavy atom. The molecule has 0 nitrogen and oxygen atoms in total. The molecule has 0 amide bonds. The standard InChI is InChI=1S/C26H37Cl/c1-2-3-4-5-6-7-8-9-10-17-22-26(27,25-20-15-12-16-21-25)23-24-18-13-11-14-19-24/h11-16,18-21H,2-10,17,22-23H2,1H3. The van der Waals surface area contributed by atoms with Gasteiger partial charge in [0.15, 0.2) is 0 Å². The van der Waals surface area contributed by atoms with E-state index < -0.39 is 0 Å². The van der Waals surface area contributed by atoms with E-state index >= 15 is 0 Å². The fraction of sp³-hybridized carbons (Fsp3) is 0.538. The monoisotopic (exact) mass is 384 g/mol. The zero-order valence-electron chi connectivity index (χ0n) is 17.1. The predicted molar refractivity (Wildman–Crippen MR) is 121 cm³/mol. The first kappa shape index (κ1) is 22.0. The van der Waals surface area contributed by atoms with Crippen molar-refractivity contribution in [1.82, 2.24) is 0 Å². The van der Waals surface area contributed by atoms with Crippen LogP contribution < -0.4 is 0 Å². The lowest BCUT2D eigenvalue weighted by molar-refractivity contribution is 0.490. The Morgan fingerprint density at radius 2 is 1.11 bits per heavy atom. The first-order valence-corrected chi connectivity index (χ1v) is 11.4. The molecule has 148 valence electrons. The summed E-state index contributed by atoms with van der Waals surface area (Å²) in [5.74, 6) is 0. The SMILES string of the molecule is CCCCCCCCCCCCC(Cl)(Cc1ccccc1)c1ccccc1. The summed E-state index contributed by atoms with van der Waals surface area (Å²) in [6.07, 6.45) is 15.6. The second kappa shape index (κ2) is 13.0. The van der Waals surface area contributed by atoms with Crippen LogP contribution in [0, 0.1) is 0 Å². The highest BCUT2D eigenvalue weighted by atomic mass is 35.5. The van der Waals surface area contributed by atoms with Crippen molar-refractivity contribution in [2.45, 2.75) is 88.8 Å². The fourth-order valence-corrected chi connectivity index (χ4v) is 4.30. The maximum atomic E-state index is 7.21. The molecule has 2 aromatic rings. The van der Waals surface area contributed by atoms with Crippen molar-refractivity contribution in [2.75, 3.05) is 0 Å². The van der Waals surface area contributed by atoms with Gasteiger partial charge in [-0.05, 0) is 24.0 Å². The van der Waals surface area contributed by atoms with Gasteiger partial charge in [0, 0.05) is 0 Å². The van der Waals surface area contributed by atoms with Gasteiger partial charge < -0.3 is 0 Å². The van der Waals surface area contributed by atoms with Crippen molar-refractivity contribution in [3.63, 3.8) is 0 Å². The van der Waals surface area contributed by atoms with E-state index in [-0.39, 0.29) is 4.87 Å². The maximum absolute atomic E-state index is 7.21. The van der Waals surface area contributed by atoms with Crippen LogP contribution in [-0.2, 0) is 11.3 Å². The summed E-state index contributed by atoms with van der Waals surface area (Å²) in [6.45, 7) is 2.28. The predicted octanol–water partition coefficient (Wildman–Crippen LogP) is 8.67. The molecule has 0 radical (unpaired) electrons. The Labute approximate surface area is 172 Å². The van der Waals surface area contributed by atoms with Gasteiger partial charge in [-0.25, -0.2) is 0 Å². The number of benzene rings is 2. The van der Waals surface area contributed by atoms with E-state index in [0.717, 1.165) is 12.8 Å². The van der Waals surface area contributed by atoms with Crippen LogP contribution in [0.4, 0.5) is 0 Å². The van der Waals surface area contributed by atoms with Crippen LogP contribution in [0.2, 0.25) is 0 Å². The van der Waals surface area contributed by atoms with Crippen molar-refractivity contribution in [3.8, 4) is 0 Å². The van der Waals surface area contributed by atoms with E-state index in [1.54, 1.807) is 0 Å². The van der Waals surface area contributed by atoms with Gasteiger partial charge in [0.2, 0.25) is 0 Å². The number of hydrogen-bond acceptors (Lipinski definition) is 0. The molecule has 0 aromatic heterocycles. The quantitative estimate of drug-likeness (QED) is 0.225. The highest BCUT2D eigenvalue weighted by molar-refractivity contribution is 6.24. The second-order valence-electron chi connectivity index (χ2n) is 7.93. The lowest BCUT2D eigenvalue weighted by atomic mass is 9.86. The lowest BCUT2D eigenvalue weighted by Gasteiger charge is -2.28. The van der Waals surface area contributed by atoms with Crippen molar-refractivity contribution < 1.29 is 0 Å². The van der Waals surface area contributed by atoms with Gasteiger partial charge in [-0.2, -0.15) is 0 Å². The molecule has 1 atom stereocenters. The Balaban J connectivity index is 1.76. The minimum Gasteiger partial charge on any atom is -0.114 e. The van der Waals surface area contributed by atoms with Gasteiger partial charge in [0.1, 0.15) is 0 Å². The van der Waals surface area contributed by atoms with Crippen LogP contribution >= 0.6 is 11.6 Å². The molecule has 0 aliphatic heterocycles. The summed E-state index contributed by atoms with van der Waals surface area (Å²) < 4.78 is 0. The minimum atomic E-state index is -0.289. The molecule has 0 heterocycles. The Morgan fingerprint density at radius 1 is 0.630 bits per heavy atom. The van der Waals surface area contributed by atoms with Crippen molar-refractivity contribution in [1.29, 1.82) is 0 Å². The van der Waals surface area contributed by atoms with Gasteiger partial charge in [0.25, 0.3) is 0 Å². The maximum Gasteiger partial charge on any atom is 0.0735 e. The first-order chi connectivity index (χ1) is 13.2. The number of halogens is 1. The van der Waals surface area contributed by atoms with Gasteiger partial charge in [-0.1, -0.05) is 132 Å². The zero-order chi connectivity index (χ0) is 19.2. The normalized spacial score (nSPS) is 13.4. The van der Waals surface area contributed by atoms with Crippen molar-refractivity contribution in [2.24, 2.45) is 0 Å². The zero-order valence-corrected chi connectivity index (χ0v) is 17.9. The van der Waals surface area contributed by atoms with E-state index in [1.807, 2.05) is 0 Å². The number of unbranched alkanes of at least 4 members (excludes halogenated alkanes) is 9. The largest absolute Gasteiger partial charge is 0.114 e. The van der Waals surface area contributed by atoms with Gasteiger partial charge >= 0.3 is 0 Å². The molecule has 0 N–H and O–H groups in total. The van der Waals surface area contributed by atoms with E-state index in [1.165, 1.54) is 75.3 Å². The van der Waals surface area contributed by atoms with E-state index in [2.05, 4.69) is 67.6 Å². The minimum absolute atomic E-state index is 0.289. The molecular formula is C26H37Cl. The molecule has 27 heavy (non-hydrogen) atoms. The summed E-state index contributed by atoms with van der Waals surface area (Å²) >= 11 is 7.21. The number of alkyl halides is 1. The van der Waals surface area contributed by atoms with Crippen molar-refractivity contribution in [3.05, 3.63) is 71.8 Å². The van der Waals surface area contributed by atoms with Crippen molar-refractivity contribution >= 4 is 11.6 Å². The average Bonchev–Trinajstić information content (AvgIpc) is 2.71. The number of rotatable bonds is 14. The van der Waals surface area contributed by atoms with Gasteiger partial charge in [-0.15, -0.1) is 11.6 Å². The van der Waals surface area contributed by atoms with Crippen LogP contribution in [0.15, 0.2) is 60.7 Å². The third-order valence-corrected chi connectivity index (χ3v) is 6.09.